The quantitative estimate of drug-likeness (QED) is 0.812. The molecular weight excluding hydrogens is 269 g/mol. The van der Waals surface area contributed by atoms with Gasteiger partial charge in [-0.05, 0) is 44.1 Å². The maximum atomic E-state index is 13.3. The van der Waals surface area contributed by atoms with E-state index in [1.54, 1.807) is 6.07 Å². The highest BCUT2D eigenvalue weighted by molar-refractivity contribution is 5.73. The Kier molecular flexibility index (Phi) is 7.15. The standard InChI is InChI=1S/C16H26FN3O/c1-12(2)8-9-18-16(21)19-11-15(20(3)4)13-6-5-7-14(17)10-13/h5-7,10,12,15H,8-9,11H2,1-4H3,(H2,18,19,21). The smallest absolute Gasteiger partial charge is 0.314 e. The van der Waals surface area contributed by atoms with Crippen molar-refractivity contribution in [2.24, 2.45) is 5.92 Å². The van der Waals surface area contributed by atoms with Gasteiger partial charge in [0.25, 0.3) is 0 Å². The van der Waals surface area contributed by atoms with Gasteiger partial charge in [-0.25, -0.2) is 9.18 Å². The zero-order valence-electron chi connectivity index (χ0n) is 13.3. The molecule has 1 aromatic rings. The van der Waals surface area contributed by atoms with Gasteiger partial charge >= 0.3 is 6.03 Å². The number of hydrogen-bond donors (Lipinski definition) is 2. The van der Waals surface area contributed by atoms with Crippen molar-refractivity contribution < 1.29 is 9.18 Å². The van der Waals surface area contributed by atoms with E-state index in [0.29, 0.717) is 19.0 Å². The topological polar surface area (TPSA) is 44.4 Å². The molecule has 1 unspecified atom stereocenters. The summed E-state index contributed by atoms with van der Waals surface area (Å²) in [5.74, 6) is 0.299. The lowest BCUT2D eigenvalue weighted by atomic mass is 10.1. The van der Waals surface area contributed by atoms with Gasteiger partial charge in [-0.2, -0.15) is 0 Å². The van der Waals surface area contributed by atoms with Gasteiger partial charge in [0.2, 0.25) is 0 Å². The molecule has 1 atom stereocenters. The highest BCUT2D eigenvalue weighted by Gasteiger charge is 2.15. The third kappa shape index (κ3) is 6.58. The molecule has 0 radical (unpaired) electrons. The van der Waals surface area contributed by atoms with Crippen molar-refractivity contribution in [1.29, 1.82) is 0 Å². The van der Waals surface area contributed by atoms with Crippen LogP contribution in [0.2, 0.25) is 0 Å². The van der Waals surface area contributed by atoms with Crippen LogP contribution in [0, 0.1) is 11.7 Å². The lowest BCUT2D eigenvalue weighted by Gasteiger charge is -2.25. The summed E-state index contributed by atoms with van der Waals surface area (Å²) in [6, 6.07) is 6.23. The Morgan fingerprint density at radius 2 is 2.00 bits per heavy atom. The molecule has 1 aromatic carbocycles. The molecule has 0 saturated heterocycles. The lowest BCUT2D eigenvalue weighted by molar-refractivity contribution is 0.232. The van der Waals surface area contributed by atoms with Crippen molar-refractivity contribution in [3.05, 3.63) is 35.6 Å². The predicted molar refractivity (Wildman–Crippen MR) is 83.7 cm³/mol. The number of urea groups is 1. The van der Waals surface area contributed by atoms with Gasteiger partial charge in [-0.15, -0.1) is 0 Å². The SMILES string of the molecule is CC(C)CCNC(=O)NCC(c1cccc(F)c1)N(C)C. The first-order valence-corrected chi connectivity index (χ1v) is 7.33. The normalized spacial score (nSPS) is 12.5. The molecule has 21 heavy (non-hydrogen) atoms. The second-order valence-corrected chi connectivity index (χ2v) is 5.85. The van der Waals surface area contributed by atoms with Crippen LogP contribution in [0.5, 0.6) is 0 Å². The fourth-order valence-corrected chi connectivity index (χ4v) is 2.04. The van der Waals surface area contributed by atoms with E-state index < -0.39 is 0 Å². The highest BCUT2D eigenvalue weighted by Crippen LogP contribution is 2.18. The second kappa shape index (κ2) is 8.62. The van der Waals surface area contributed by atoms with Crippen LogP contribution in [0.3, 0.4) is 0 Å². The molecule has 0 bridgehead atoms. The number of rotatable bonds is 7. The third-order valence-electron chi connectivity index (χ3n) is 3.32. The lowest BCUT2D eigenvalue weighted by Crippen LogP contribution is -2.41. The summed E-state index contributed by atoms with van der Waals surface area (Å²) in [4.78, 5) is 13.7. The van der Waals surface area contributed by atoms with Gasteiger partial charge in [0, 0.05) is 13.1 Å². The van der Waals surface area contributed by atoms with E-state index in [9.17, 15) is 9.18 Å². The van der Waals surface area contributed by atoms with E-state index in [1.165, 1.54) is 12.1 Å². The fourth-order valence-electron chi connectivity index (χ4n) is 2.04. The Labute approximate surface area is 126 Å². The van der Waals surface area contributed by atoms with E-state index >= 15 is 0 Å². The number of nitrogens with one attached hydrogen (secondary N) is 2. The highest BCUT2D eigenvalue weighted by atomic mass is 19.1. The number of amides is 2. The molecule has 0 aromatic heterocycles. The largest absolute Gasteiger partial charge is 0.338 e. The summed E-state index contributed by atoms with van der Waals surface area (Å²) < 4.78 is 13.3. The summed E-state index contributed by atoms with van der Waals surface area (Å²) in [6.45, 7) is 5.33. The Morgan fingerprint density at radius 3 is 2.57 bits per heavy atom. The first-order chi connectivity index (χ1) is 9.90. The average Bonchev–Trinajstić information content (AvgIpc) is 2.38. The number of hydrogen-bond acceptors (Lipinski definition) is 2. The molecular formula is C16H26FN3O. The number of carbonyl (C=O) groups is 1. The average molecular weight is 295 g/mol. The Balaban J connectivity index is 2.50. The molecule has 0 spiro atoms. The summed E-state index contributed by atoms with van der Waals surface area (Å²) in [7, 11) is 3.82. The first kappa shape index (κ1) is 17.4. The zero-order valence-corrected chi connectivity index (χ0v) is 13.3. The van der Waals surface area contributed by atoms with Crippen molar-refractivity contribution in [3.63, 3.8) is 0 Å². The Bertz CT molecular complexity index is 449. The number of halogens is 1. The fraction of sp³-hybridized carbons (Fsp3) is 0.562. The first-order valence-electron chi connectivity index (χ1n) is 7.33. The molecule has 0 heterocycles. The van der Waals surface area contributed by atoms with Crippen LogP contribution >= 0.6 is 0 Å². The zero-order chi connectivity index (χ0) is 15.8. The Morgan fingerprint density at radius 1 is 1.29 bits per heavy atom. The number of benzene rings is 1. The molecule has 0 aliphatic rings. The van der Waals surface area contributed by atoms with Crippen molar-refractivity contribution in [3.8, 4) is 0 Å². The van der Waals surface area contributed by atoms with Gasteiger partial charge in [-0.1, -0.05) is 26.0 Å². The monoisotopic (exact) mass is 295 g/mol. The molecule has 0 aliphatic heterocycles. The van der Waals surface area contributed by atoms with Crippen LogP contribution in [-0.2, 0) is 0 Å². The molecule has 2 N–H and O–H groups in total. The van der Waals surface area contributed by atoms with Gasteiger partial charge in [-0.3, -0.25) is 0 Å². The predicted octanol–water partition coefficient (Wildman–Crippen LogP) is 2.77. The van der Waals surface area contributed by atoms with E-state index in [0.717, 1.165) is 12.0 Å². The van der Waals surface area contributed by atoms with Crippen molar-refractivity contribution in [2.45, 2.75) is 26.3 Å². The van der Waals surface area contributed by atoms with Crippen LogP contribution in [0.1, 0.15) is 31.9 Å². The van der Waals surface area contributed by atoms with Gasteiger partial charge in [0.05, 0.1) is 6.04 Å². The number of carbonyl (C=O) groups excluding carboxylic acids is 1. The number of nitrogens with zero attached hydrogens (tertiary/aromatic N) is 1. The van der Waals surface area contributed by atoms with Crippen LogP contribution in [-0.4, -0.2) is 38.1 Å². The summed E-state index contributed by atoms with van der Waals surface area (Å²) in [6.07, 6.45) is 0.953. The van der Waals surface area contributed by atoms with Crippen molar-refractivity contribution in [1.82, 2.24) is 15.5 Å². The van der Waals surface area contributed by atoms with E-state index in [-0.39, 0.29) is 17.9 Å². The van der Waals surface area contributed by atoms with Crippen LogP contribution in [0.25, 0.3) is 0 Å². The second-order valence-electron chi connectivity index (χ2n) is 5.85. The van der Waals surface area contributed by atoms with Crippen LogP contribution < -0.4 is 10.6 Å². The molecule has 2 amide bonds. The maximum Gasteiger partial charge on any atom is 0.314 e. The van der Waals surface area contributed by atoms with Crippen molar-refractivity contribution >= 4 is 6.03 Å². The summed E-state index contributed by atoms with van der Waals surface area (Å²) in [5, 5.41) is 5.67. The van der Waals surface area contributed by atoms with Gasteiger partial charge in [0.15, 0.2) is 0 Å². The van der Waals surface area contributed by atoms with Gasteiger partial charge < -0.3 is 15.5 Å². The molecule has 5 heteroatoms. The summed E-state index contributed by atoms with van der Waals surface area (Å²) >= 11 is 0. The van der Waals surface area contributed by atoms with E-state index in [2.05, 4.69) is 24.5 Å². The maximum absolute atomic E-state index is 13.3. The minimum Gasteiger partial charge on any atom is -0.338 e. The Hall–Kier alpha value is -1.62. The molecule has 4 nitrogen and oxygen atoms in total. The molecule has 0 fully saturated rings. The van der Waals surface area contributed by atoms with Crippen LogP contribution in [0.4, 0.5) is 9.18 Å². The molecule has 0 saturated carbocycles. The van der Waals surface area contributed by atoms with E-state index in [1.807, 2.05) is 25.1 Å². The van der Waals surface area contributed by atoms with E-state index in [4.69, 9.17) is 0 Å². The van der Waals surface area contributed by atoms with Crippen LogP contribution in [0.15, 0.2) is 24.3 Å². The van der Waals surface area contributed by atoms with Gasteiger partial charge in [0.1, 0.15) is 5.82 Å². The minimum atomic E-state index is -0.263. The minimum absolute atomic E-state index is 0.0588. The number of likely N-dealkylation sites (N-methyl/N-ethyl adjacent to an activating group) is 1. The van der Waals surface area contributed by atoms with Crippen molar-refractivity contribution in [2.75, 3.05) is 27.2 Å². The third-order valence-corrected chi connectivity index (χ3v) is 3.32. The molecule has 118 valence electrons. The molecule has 1 rings (SSSR count). The molecule has 0 aliphatic carbocycles. The summed E-state index contributed by atoms with van der Waals surface area (Å²) in [5.41, 5.74) is 0.850.